The molecular formula is C18H27N3O2S. The minimum atomic E-state index is -0.320. The van der Waals surface area contributed by atoms with Crippen LogP contribution in [-0.4, -0.2) is 42.2 Å². The Morgan fingerprint density at radius 2 is 2.29 bits per heavy atom. The summed E-state index contributed by atoms with van der Waals surface area (Å²) in [6.45, 7) is 5.40. The second-order valence-corrected chi connectivity index (χ2v) is 8.01. The lowest BCUT2D eigenvalue weighted by Crippen LogP contribution is -2.26. The van der Waals surface area contributed by atoms with Crippen molar-refractivity contribution in [1.82, 2.24) is 4.90 Å². The molecule has 1 aliphatic rings. The molecule has 5 nitrogen and oxygen atoms in total. The van der Waals surface area contributed by atoms with Crippen molar-refractivity contribution in [1.29, 1.82) is 5.26 Å². The number of aliphatic hydroxyl groups is 1. The quantitative estimate of drug-likeness (QED) is 0.793. The number of thiophene rings is 1. The third-order valence-electron chi connectivity index (χ3n) is 4.53. The van der Waals surface area contributed by atoms with E-state index in [1.54, 1.807) is 18.3 Å². The van der Waals surface area contributed by atoms with E-state index in [1.165, 1.54) is 4.88 Å². The highest BCUT2D eigenvalue weighted by Gasteiger charge is 2.24. The van der Waals surface area contributed by atoms with Crippen LogP contribution in [0.25, 0.3) is 0 Å². The van der Waals surface area contributed by atoms with E-state index in [1.807, 2.05) is 11.9 Å². The summed E-state index contributed by atoms with van der Waals surface area (Å²) in [5.74, 6) is 0.593. The summed E-state index contributed by atoms with van der Waals surface area (Å²) in [7, 11) is 1.95. The van der Waals surface area contributed by atoms with Gasteiger partial charge in [0.1, 0.15) is 11.1 Å². The number of anilines is 1. The third kappa shape index (κ3) is 5.04. The number of fused-ring (bicyclic) bond motifs is 1. The number of carbonyl (C=O) groups is 1. The van der Waals surface area contributed by atoms with E-state index in [-0.39, 0.29) is 12.0 Å². The van der Waals surface area contributed by atoms with Crippen LogP contribution in [0.5, 0.6) is 0 Å². The average molecular weight is 350 g/mol. The number of nitrogens with one attached hydrogen (secondary N) is 1. The first-order valence-corrected chi connectivity index (χ1v) is 9.43. The van der Waals surface area contributed by atoms with Gasteiger partial charge in [0.15, 0.2) is 0 Å². The molecule has 24 heavy (non-hydrogen) atoms. The molecule has 1 heterocycles. The molecule has 0 aromatic carbocycles. The molecule has 2 N–H and O–H groups in total. The number of nitriles is 1. The number of rotatable bonds is 7. The van der Waals surface area contributed by atoms with Crippen molar-refractivity contribution >= 4 is 22.2 Å². The van der Waals surface area contributed by atoms with Crippen molar-refractivity contribution in [2.75, 3.05) is 25.5 Å². The maximum atomic E-state index is 12.2. The summed E-state index contributed by atoms with van der Waals surface area (Å²) in [5, 5.41) is 22.4. The molecule has 1 aromatic heterocycles. The van der Waals surface area contributed by atoms with Gasteiger partial charge in [0.25, 0.3) is 0 Å². The fourth-order valence-corrected chi connectivity index (χ4v) is 4.34. The second-order valence-electron chi connectivity index (χ2n) is 6.91. The van der Waals surface area contributed by atoms with Gasteiger partial charge in [-0.1, -0.05) is 6.92 Å². The molecule has 0 saturated heterocycles. The van der Waals surface area contributed by atoms with Crippen LogP contribution in [-0.2, 0) is 17.6 Å². The molecule has 6 heteroatoms. The van der Waals surface area contributed by atoms with Gasteiger partial charge in [0.2, 0.25) is 5.91 Å². The first-order chi connectivity index (χ1) is 11.4. The first kappa shape index (κ1) is 18.9. The Kier molecular flexibility index (Phi) is 6.79. The lowest BCUT2D eigenvalue weighted by Gasteiger charge is -2.17. The number of amides is 1. The van der Waals surface area contributed by atoms with Gasteiger partial charge < -0.3 is 15.3 Å². The zero-order valence-electron chi connectivity index (χ0n) is 14.8. The molecule has 2 unspecified atom stereocenters. The number of carbonyl (C=O) groups excluding carboxylic acids is 1. The molecule has 0 bridgehead atoms. The normalized spacial score (nSPS) is 18.1. The van der Waals surface area contributed by atoms with E-state index in [0.717, 1.165) is 31.4 Å². The van der Waals surface area contributed by atoms with Gasteiger partial charge in [-0.05, 0) is 51.1 Å². The van der Waals surface area contributed by atoms with Gasteiger partial charge in [-0.2, -0.15) is 5.26 Å². The molecule has 0 fully saturated rings. The second kappa shape index (κ2) is 8.61. The van der Waals surface area contributed by atoms with E-state index >= 15 is 0 Å². The van der Waals surface area contributed by atoms with Crippen molar-refractivity contribution in [3.63, 3.8) is 0 Å². The van der Waals surface area contributed by atoms with Gasteiger partial charge in [-0.3, -0.25) is 4.79 Å². The number of aliphatic hydroxyl groups excluding tert-OH is 1. The fourth-order valence-electron chi connectivity index (χ4n) is 2.96. The topological polar surface area (TPSA) is 76.4 Å². The first-order valence-electron chi connectivity index (χ1n) is 8.61. The van der Waals surface area contributed by atoms with E-state index < -0.39 is 0 Å². The molecule has 0 saturated carbocycles. The molecule has 2 rings (SSSR count). The fraction of sp³-hybridized carbons (Fsp3) is 0.667. The van der Waals surface area contributed by atoms with Gasteiger partial charge in [0.05, 0.1) is 11.7 Å². The van der Waals surface area contributed by atoms with Crippen LogP contribution in [0, 0.1) is 17.2 Å². The Bertz CT molecular complexity index is 619. The number of nitrogens with zero attached hydrogens (tertiary/aromatic N) is 2. The predicted molar refractivity (Wildman–Crippen MR) is 97.3 cm³/mol. The smallest absolute Gasteiger partial charge is 0.226 e. The zero-order chi connectivity index (χ0) is 17.7. The molecule has 0 spiro atoms. The largest absolute Gasteiger partial charge is 0.393 e. The van der Waals surface area contributed by atoms with Crippen molar-refractivity contribution < 1.29 is 9.90 Å². The summed E-state index contributed by atoms with van der Waals surface area (Å²) in [6, 6.07) is 2.28. The average Bonchev–Trinajstić information content (AvgIpc) is 2.86. The highest BCUT2D eigenvalue weighted by molar-refractivity contribution is 7.16. The lowest BCUT2D eigenvalue weighted by molar-refractivity contribution is -0.116. The molecule has 0 radical (unpaired) electrons. The summed E-state index contributed by atoms with van der Waals surface area (Å²) in [4.78, 5) is 15.5. The van der Waals surface area contributed by atoms with Crippen LogP contribution in [0.1, 0.15) is 49.1 Å². The van der Waals surface area contributed by atoms with Crippen LogP contribution < -0.4 is 5.32 Å². The number of hydrogen-bond acceptors (Lipinski definition) is 5. The summed E-state index contributed by atoms with van der Waals surface area (Å²) in [5.41, 5.74) is 1.81. The summed E-state index contributed by atoms with van der Waals surface area (Å²) >= 11 is 1.57. The standard InChI is InChI=1S/C18H27N3O2S/c1-12-4-5-14-15(11-19)18(24-16(14)10-12)20-17(23)7-9-21(3)8-6-13(2)22/h12-13,22H,4-10H2,1-3H3,(H,20,23). The molecule has 1 amide bonds. The van der Waals surface area contributed by atoms with Gasteiger partial charge >= 0.3 is 0 Å². The molecule has 1 aromatic rings. The third-order valence-corrected chi connectivity index (χ3v) is 5.70. The Balaban J connectivity index is 1.91. The monoisotopic (exact) mass is 349 g/mol. The predicted octanol–water partition coefficient (Wildman–Crippen LogP) is 2.78. The maximum Gasteiger partial charge on any atom is 0.226 e. The maximum absolute atomic E-state index is 12.2. The Hall–Kier alpha value is -1.42. The molecule has 0 aliphatic heterocycles. The Morgan fingerprint density at radius 1 is 1.54 bits per heavy atom. The van der Waals surface area contributed by atoms with E-state index in [4.69, 9.17) is 0 Å². The minimum Gasteiger partial charge on any atom is -0.393 e. The van der Waals surface area contributed by atoms with Crippen LogP contribution in [0.3, 0.4) is 0 Å². The molecular weight excluding hydrogens is 322 g/mol. The van der Waals surface area contributed by atoms with Crippen molar-refractivity contribution in [2.45, 2.75) is 52.1 Å². The van der Waals surface area contributed by atoms with Gasteiger partial charge in [0, 0.05) is 24.4 Å². The van der Waals surface area contributed by atoms with Crippen LogP contribution in [0.15, 0.2) is 0 Å². The van der Waals surface area contributed by atoms with Gasteiger partial charge in [-0.25, -0.2) is 0 Å². The highest BCUT2D eigenvalue weighted by Crippen LogP contribution is 2.39. The Morgan fingerprint density at radius 3 is 2.96 bits per heavy atom. The van der Waals surface area contributed by atoms with Gasteiger partial charge in [-0.15, -0.1) is 11.3 Å². The number of hydrogen-bond donors (Lipinski definition) is 2. The minimum absolute atomic E-state index is 0.0537. The molecule has 132 valence electrons. The molecule has 2 atom stereocenters. The van der Waals surface area contributed by atoms with E-state index in [2.05, 4.69) is 18.3 Å². The zero-order valence-corrected chi connectivity index (χ0v) is 15.6. The summed E-state index contributed by atoms with van der Waals surface area (Å²) < 4.78 is 0. The summed E-state index contributed by atoms with van der Waals surface area (Å²) in [6.07, 6.45) is 3.83. The Labute approximate surface area is 148 Å². The van der Waals surface area contributed by atoms with E-state index in [9.17, 15) is 15.2 Å². The van der Waals surface area contributed by atoms with Crippen molar-refractivity contribution in [3.05, 3.63) is 16.0 Å². The lowest BCUT2D eigenvalue weighted by atomic mass is 9.89. The van der Waals surface area contributed by atoms with Crippen LogP contribution in [0.2, 0.25) is 0 Å². The van der Waals surface area contributed by atoms with Crippen LogP contribution in [0.4, 0.5) is 5.00 Å². The molecule has 1 aliphatic carbocycles. The van der Waals surface area contributed by atoms with Crippen LogP contribution >= 0.6 is 11.3 Å². The highest BCUT2D eigenvalue weighted by atomic mass is 32.1. The van der Waals surface area contributed by atoms with Crippen molar-refractivity contribution in [3.8, 4) is 6.07 Å². The van der Waals surface area contributed by atoms with Crippen molar-refractivity contribution in [2.24, 2.45) is 5.92 Å². The SMILES string of the molecule is CC(O)CCN(C)CCC(=O)Nc1sc2c(c1C#N)CCC(C)C2. The van der Waals surface area contributed by atoms with E-state index in [0.29, 0.717) is 35.9 Å².